The first-order chi connectivity index (χ1) is 8.91. The summed E-state index contributed by atoms with van der Waals surface area (Å²) in [5.41, 5.74) is 0.105. The van der Waals surface area contributed by atoms with Gasteiger partial charge in [0, 0.05) is 25.0 Å². The molecule has 1 aromatic carbocycles. The van der Waals surface area contributed by atoms with E-state index in [4.69, 9.17) is 9.84 Å². The molecular formula is C13H16BrNO4. The molecule has 1 aromatic rings. The monoisotopic (exact) mass is 329 g/mol. The van der Waals surface area contributed by atoms with Crippen molar-refractivity contribution in [2.45, 2.75) is 12.8 Å². The molecule has 0 aromatic heterocycles. The third-order valence-electron chi connectivity index (χ3n) is 2.46. The highest BCUT2D eigenvalue weighted by Gasteiger charge is 2.12. The third-order valence-corrected chi connectivity index (χ3v) is 2.96. The summed E-state index contributed by atoms with van der Waals surface area (Å²) < 4.78 is 6.09. The largest absolute Gasteiger partial charge is 0.493 e. The summed E-state index contributed by atoms with van der Waals surface area (Å²) in [6, 6.07) is 4.80. The number of amides is 1. The quantitative estimate of drug-likeness (QED) is 0.814. The van der Waals surface area contributed by atoms with Crippen LogP contribution in [-0.2, 0) is 4.79 Å². The number of aromatic carboxylic acids is 1. The van der Waals surface area contributed by atoms with Gasteiger partial charge < -0.3 is 14.7 Å². The molecule has 1 amide bonds. The molecule has 0 bridgehead atoms. The van der Waals surface area contributed by atoms with Crippen molar-refractivity contribution in [2.75, 3.05) is 20.7 Å². The molecule has 0 unspecified atom stereocenters. The van der Waals surface area contributed by atoms with E-state index >= 15 is 0 Å². The van der Waals surface area contributed by atoms with Crippen LogP contribution in [0, 0.1) is 0 Å². The van der Waals surface area contributed by atoms with E-state index in [2.05, 4.69) is 15.9 Å². The maximum atomic E-state index is 11.3. The van der Waals surface area contributed by atoms with Gasteiger partial charge in [-0.15, -0.1) is 0 Å². The van der Waals surface area contributed by atoms with E-state index in [9.17, 15) is 9.59 Å². The van der Waals surface area contributed by atoms with Crippen molar-refractivity contribution in [3.63, 3.8) is 0 Å². The molecule has 0 aliphatic rings. The molecule has 104 valence electrons. The lowest BCUT2D eigenvalue weighted by atomic mass is 10.2. The molecular weight excluding hydrogens is 314 g/mol. The van der Waals surface area contributed by atoms with E-state index in [1.807, 2.05) is 0 Å². The summed E-state index contributed by atoms with van der Waals surface area (Å²) in [5, 5.41) is 9.05. The lowest BCUT2D eigenvalue weighted by molar-refractivity contribution is -0.128. The Hall–Kier alpha value is -1.56. The Balaban J connectivity index is 2.54. The van der Waals surface area contributed by atoms with Gasteiger partial charge in [-0.25, -0.2) is 4.79 Å². The summed E-state index contributed by atoms with van der Waals surface area (Å²) >= 11 is 3.21. The normalized spacial score (nSPS) is 10.1. The van der Waals surface area contributed by atoms with Crippen LogP contribution in [0.1, 0.15) is 23.2 Å². The minimum Gasteiger partial charge on any atom is -0.493 e. The van der Waals surface area contributed by atoms with Crippen LogP contribution < -0.4 is 4.74 Å². The van der Waals surface area contributed by atoms with Gasteiger partial charge in [-0.3, -0.25) is 4.79 Å². The van der Waals surface area contributed by atoms with Gasteiger partial charge in [-0.05, 0) is 24.6 Å². The Kier molecular flexibility index (Phi) is 5.82. The molecule has 1 rings (SSSR count). The van der Waals surface area contributed by atoms with Crippen molar-refractivity contribution in [1.29, 1.82) is 0 Å². The maximum Gasteiger partial charge on any atom is 0.339 e. The Morgan fingerprint density at radius 3 is 2.63 bits per heavy atom. The highest BCUT2D eigenvalue weighted by Crippen LogP contribution is 2.23. The smallest absolute Gasteiger partial charge is 0.339 e. The number of benzene rings is 1. The molecule has 0 aliphatic heterocycles. The maximum absolute atomic E-state index is 11.3. The van der Waals surface area contributed by atoms with Gasteiger partial charge in [0.25, 0.3) is 0 Å². The minimum atomic E-state index is -1.04. The van der Waals surface area contributed by atoms with E-state index < -0.39 is 5.97 Å². The van der Waals surface area contributed by atoms with Crippen LogP contribution >= 0.6 is 15.9 Å². The van der Waals surface area contributed by atoms with Crippen LogP contribution in [0.15, 0.2) is 22.7 Å². The molecule has 5 nitrogen and oxygen atoms in total. The molecule has 1 N–H and O–H groups in total. The third kappa shape index (κ3) is 4.90. The Morgan fingerprint density at radius 1 is 1.37 bits per heavy atom. The molecule has 0 radical (unpaired) electrons. The van der Waals surface area contributed by atoms with Gasteiger partial charge in [-0.2, -0.15) is 0 Å². The fourth-order valence-corrected chi connectivity index (χ4v) is 1.79. The van der Waals surface area contributed by atoms with Crippen molar-refractivity contribution in [3.8, 4) is 5.75 Å². The number of hydrogen-bond donors (Lipinski definition) is 1. The molecule has 0 saturated carbocycles. The van der Waals surface area contributed by atoms with E-state index in [1.165, 1.54) is 11.0 Å². The van der Waals surface area contributed by atoms with Crippen molar-refractivity contribution < 1.29 is 19.4 Å². The van der Waals surface area contributed by atoms with Gasteiger partial charge in [0.05, 0.1) is 6.61 Å². The Labute approximate surface area is 120 Å². The fraction of sp³-hybridized carbons (Fsp3) is 0.385. The van der Waals surface area contributed by atoms with E-state index in [-0.39, 0.29) is 11.5 Å². The van der Waals surface area contributed by atoms with Gasteiger partial charge in [0.1, 0.15) is 11.3 Å². The van der Waals surface area contributed by atoms with Gasteiger partial charge >= 0.3 is 5.97 Å². The lowest BCUT2D eigenvalue weighted by Gasteiger charge is -2.11. The molecule has 19 heavy (non-hydrogen) atoms. The van der Waals surface area contributed by atoms with Gasteiger partial charge in [-0.1, -0.05) is 15.9 Å². The number of carboxylic acids is 1. The van der Waals surface area contributed by atoms with Crippen molar-refractivity contribution in [3.05, 3.63) is 28.2 Å². The number of ether oxygens (including phenoxy) is 1. The number of nitrogens with zero attached hydrogens (tertiary/aromatic N) is 1. The lowest BCUT2D eigenvalue weighted by Crippen LogP contribution is -2.21. The van der Waals surface area contributed by atoms with E-state index in [0.717, 1.165) is 0 Å². The summed E-state index contributed by atoms with van der Waals surface area (Å²) in [4.78, 5) is 23.9. The first-order valence-electron chi connectivity index (χ1n) is 5.77. The van der Waals surface area contributed by atoms with Crippen LogP contribution in [-0.4, -0.2) is 42.6 Å². The zero-order chi connectivity index (χ0) is 14.4. The molecule has 0 heterocycles. The second-order valence-corrected chi connectivity index (χ2v) is 5.10. The average Bonchev–Trinajstić information content (AvgIpc) is 2.35. The molecule has 0 aliphatic carbocycles. The summed E-state index contributed by atoms with van der Waals surface area (Å²) in [6.45, 7) is 0.307. The topological polar surface area (TPSA) is 66.8 Å². The van der Waals surface area contributed by atoms with Crippen LogP contribution in [0.3, 0.4) is 0 Å². The van der Waals surface area contributed by atoms with E-state index in [0.29, 0.717) is 29.7 Å². The van der Waals surface area contributed by atoms with Crippen molar-refractivity contribution in [2.24, 2.45) is 0 Å². The zero-order valence-electron chi connectivity index (χ0n) is 10.9. The first-order valence-corrected chi connectivity index (χ1v) is 6.57. The number of rotatable bonds is 6. The zero-order valence-corrected chi connectivity index (χ0v) is 12.4. The summed E-state index contributed by atoms with van der Waals surface area (Å²) in [5.74, 6) is -0.702. The minimum absolute atomic E-state index is 0.0258. The van der Waals surface area contributed by atoms with Crippen LogP contribution in [0.5, 0.6) is 5.75 Å². The summed E-state index contributed by atoms with van der Waals surface area (Å²) in [6.07, 6.45) is 0.929. The highest BCUT2D eigenvalue weighted by atomic mass is 79.9. The van der Waals surface area contributed by atoms with Gasteiger partial charge in [0.15, 0.2) is 0 Å². The first kappa shape index (κ1) is 15.5. The highest BCUT2D eigenvalue weighted by molar-refractivity contribution is 9.10. The van der Waals surface area contributed by atoms with Crippen LogP contribution in [0.2, 0.25) is 0 Å². The molecule has 0 atom stereocenters. The SMILES string of the molecule is CN(C)C(=O)CCCOc1ccc(Br)cc1C(=O)O. The second kappa shape index (κ2) is 7.13. The standard InChI is InChI=1S/C13H16BrNO4/c1-15(2)12(16)4-3-7-19-11-6-5-9(14)8-10(11)13(17)18/h5-6,8H,3-4,7H2,1-2H3,(H,17,18). The van der Waals surface area contributed by atoms with Gasteiger partial charge in [0.2, 0.25) is 5.91 Å². The fourth-order valence-electron chi connectivity index (χ4n) is 1.42. The van der Waals surface area contributed by atoms with Crippen LogP contribution in [0.25, 0.3) is 0 Å². The molecule has 0 spiro atoms. The Bertz CT molecular complexity index is 474. The number of carbonyl (C=O) groups is 2. The number of halogens is 1. The van der Waals surface area contributed by atoms with Crippen molar-refractivity contribution >= 4 is 27.8 Å². The van der Waals surface area contributed by atoms with E-state index in [1.54, 1.807) is 26.2 Å². The molecule has 0 fully saturated rings. The number of hydrogen-bond acceptors (Lipinski definition) is 3. The summed E-state index contributed by atoms with van der Waals surface area (Å²) in [7, 11) is 3.39. The predicted octanol–water partition coefficient (Wildman–Crippen LogP) is 2.39. The average molecular weight is 330 g/mol. The van der Waals surface area contributed by atoms with Crippen LogP contribution in [0.4, 0.5) is 0 Å². The predicted molar refractivity (Wildman–Crippen MR) is 74.5 cm³/mol. The molecule has 6 heteroatoms. The second-order valence-electron chi connectivity index (χ2n) is 4.19. The molecule has 0 saturated heterocycles. The number of carbonyl (C=O) groups excluding carboxylic acids is 1. The van der Waals surface area contributed by atoms with Crippen molar-refractivity contribution in [1.82, 2.24) is 4.90 Å². The number of carboxylic acid groups (broad SMARTS) is 1. The Morgan fingerprint density at radius 2 is 2.05 bits per heavy atom.